The van der Waals surface area contributed by atoms with Gasteiger partial charge in [-0.15, -0.1) is 5.10 Å². The molecule has 2 heterocycles. The number of rotatable bonds is 3. The first-order valence-electron chi connectivity index (χ1n) is 4.77. The maximum absolute atomic E-state index is 5.66. The highest BCUT2D eigenvalue weighted by Gasteiger charge is 2.04. The standard InChI is InChI=1S/C10H11ClN4/c1-2-15-6-5-12-10(15)7-8-3-4-9(11)14-13-8/h3-6H,2,7H2,1H3. The summed E-state index contributed by atoms with van der Waals surface area (Å²) < 4.78 is 2.08. The third-order valence-corrected chi connectivity index (χ3v) is 2.37. The molecule has 78 valence electrons. The Balaban J connectivity index is 2.18. The Morgan fingerprint density at radius 3 is 2.87 bits per heavy atom. The van der Waals surface area contributed by atoms with Gasteiger partial charge in [-0.3, -0.25) is 0 Å². The first kappa shape index (κ1) is 10.1. The Bertz CT molecular complexity index is 435. The third-order valence-electron chi connectivity index (χ3n) is 2.17. The van der Waals surface area contributed by atoms with Crippen LogP contribution in [0.1, 0.15) is 18.4 Å². The zero-order valence-corrected chi connectivity index (χ0v) is 9.15. The zero-order chi connectivity index (χ0) is 10.7. The van der Waals surface area contributed by atoms with Gasteiger partial charge in [0.2, 0.25) is 0 Å². The highest BCUT2D eigenvalue weighted by Crippen LogP contribution is 2.07. The van der Waals surface area contributed by atoms with Gasteiger partial charge in [-0.2, -0.15) is 5.10 Å². The Morgan fingerprint density at radius 1 is 1.33 bits per heavy atom. The van der Waals surface area contributed by atoms with Crippen molar-refractivity contribution in [1.82, 2.24) is 19.7 Å². The zero-order valence-electron chi connectivity index (χ0n) is 8.39. The topological polar surface area (TPSA) is 43.6 Å². The van der Waals surface area contributed by atoms with Crippen molar-refractivity contribution < 1.29 is 0 Å². The molecule has 0 spiro atoms. The smallest absolute Gasteiger partial charge is 0.151 e. The predicted molar refractivity (Wildman–Crippen MR) is 57.7 cm³/mol. The minimum absolute atomic E-state index is 0.414. The van der Waals surface area contributed by atoms with Gasteiger partial charge in [0.15, 0.2) is 5.15 Å². The van der Waals surface area contributed by atoms with Gasteiger partial charge < -0.3 is 4.57 Å². The molecule has 0 amide bonds. The molecule has 0 unspecified atom stereocenters. The number of aromatic nitrogens is 4. The molecule has 2 aromatic heterocycles. The fourth-order valence-electron chi connectivity index (χ4n) is 1.40. The molecule has 0 aliphatic heterocycles. The summed E-state index contributed by atoms with van der Waals surface area (Å²) in [6.07, 6.45) is 4.44. The van der Waals surface area contributed by atoms with Crippen LogP contribution in [0.2, 0.25) is 5.15 Å². The second-order valence-corrected chi connectivity index (χ2v) is 3.54. The Labute approximate surface area is 92.9 Å². The third kappa shape index (κ3) is 2.33. The van der Waals surface area contributed by atoms with Crippen LogP contribution in [-0.4, -0.2) is 19.7 Å². The molecule has 0 aliphatic rings. The van der Waals surface area contributed by atoms with Gasteiger partial charge in [-0.25, -0.2) is 4.98 Å². The fraction of sp³-hybridized carbons (Fsp3) is 0.300. The molecule has 0 saturated heterocycles. The van der Waals surface area contributed by atoms with Crippen molar-refractivity contribution in [3.63, 3.8) is 0 Å². The summed E-state index contributed by atoms with van der Waals surface area (Å²) in [5.74, 6) is 0.995. The lowest BCUT2D eigenvalue weighted by molar-refractivity contribution is 0.705. The van der Waals surface area contributed by atoms with Crippen LogP contribution in [-0.2, 0) is 13.0 Å². The molecule has 0 N–H and O–H groups in total. The van der Waals surface area contributed by atoms with E-state index in [-0.39, 0.29) is 0 Å². The van der Waals surface area contributed by atoms with E-state index in [2.05, 4.69) is 26.7 Å². The second-order valence-electron chi connectivity index (χ2n) is 3.15. The van der Waals surface area contributed by atoms with Gasteiger partial charge in [0, 0.05) is 18.9 Å². The number of imidazole rings is 1. The lowest BCUT2D eigenvalue weighted by atomic mass is 10.3. The Hall–Kier alpha value is -1.42. The predicted octanol–water partition coefficient (Wildman–Crippen LogP) is 1.94. The van der Waals surface area contributed by atoms with E-state index in [0.717, 1.165) is 18.1 Å². The molecule has 2 aromatic rings. The molecule has 0 radical (unpaired) electrons. The Morgan fingerprint density at radius 2 is 2.20 bits per heavy atom. The molecule has 0 aromatic carbocycles. The summed E-state index contributed by atoms with van der Waals surface area (Å²) >= 11 is 5.66. The quantitative estimate of drug-likeness (QED) is 0.797. The molecule has 15 heavy (non-hydrogen) atoms. The summed E-state index contributed by atoms with van der Waals surface area (Å²) in [7, 11) is 0. The van der Waals surface area contributed by atoms with Gasteiger partial charge >= 0.3 is 0 Å². The van der Waals surface area contributed by atoms with Crippen LogP contribution in [0.25, 0.3) is 0 Å². The number of nitrogens with zero attached hydrogens (tertiary/aromatic N) is 4. The molecule has 0 fully saturated rings. The second kappa shape index (κ2) is 4.40. The first-order valence-corrected chi connectivity index (χ1v) is 5.15. The number of aryl methyl sites for hydroxylation is 1. The SMILES string of the molecule is CCn1ccnc1Cc1ccc(Cl)nn1. The van der Waals surface area contributed by atoms with Crippen LogP contribution < -0.4 is 0 Å². The van der Waals surface area contributed by atoms with Gasteiger partial charge in [0.05, 0.1) is 12.1 Å². The van der Waals surface area contributed by atoms with Crippen LogP contribution in [0, 0.1) is 0 Å². The van der Waals surface area contributed by atoms with E-state index in [0.29, 0.717) is 11.6 Å². The van der Waals surface area contributed by atoms with E-state index < -0.39 is 0 Å². The average Bonchev–Trinajstić information content (AvgIpc) is 2.69. The van der Waals surface area contributed by atoms with Crippen LogP contribution in [0.15, 0.2) is 24.5 Å². The maximum Gasteiger partial charge on any atom is 0.151 e. The van der Waals surface area contributed by atoms with Crippen molar-refractivity contribution in [2.24, 2.45) is 0 Å². The molecule has 0 bridgehead atoms. The van der Waals surface area contributed by atoms with Gasteiger partial charge in [0.1, 0.15) is 5.82 Å². The molecular formula is C10H11ClN4. The van der Waals surface area contributed by atoms with E-state index in [4.69, 9.17) is 11.6 Å². The van der Waals surface area contributed by atoms with E-state index in [1.807, 2.05) is 12.3 Å². The summed E-state index contributed by atoms with van der Waals surface area (Å²) in [5, 5.41) is 8.20. The highest BCUT2D eigenvalue weighted by atomic mass is 35.5. The Kier molecular flexibility index (Phi) is 2.97. The lowest BCUT2D eigenvalue weighted by Crippen LogP contribution is -2.03. The van der Waals surface area contributed by atoms with Gasteiger partial charge in [0.25, 0.3) is 0 Å². The summed E-state index contributed by atoms with van der Waals surface area (Å²) in [4.78, 5) is 4.27. The molecule has 0 saturated carbocycles. The van der Waals surface area contributed by atoms with Crippen molar-refractivity contribution in [3.05, 3.63) is 41.2 Å². The van der Waals surface area contributed by atoms with Crippen molar-refractivity contribution in [3.8, 4) is 0 Å². The van der Waals surface area contributed by atoms with Crippen molar-refractivity contribution in [2.75, 3.05) is 0 Å². The number of hydrogen-bond acceptors (Lipinski definition) is 3. The molecule has 5 heteroatoms. The van der Waals surface area contributed by atoms with E-state index in [1.165, 1.54) is 0 Å². The van der Waals surface area contributed by atoms with Crippen molar-refractivity contribution in [1.29, 1.82) is 0 Å². The average molecular weight is 223 g/mol. The summed E-state index contributed by atoms with van der Waals surface area (Å²) in [6, 6.07) is 3.60. The lowest BCUT2D eigenvalue weighted by Gasteiger charge is -2.03. The monoisotopic (exact) mass is 222 g/mol. The normalized spacial score (nSPS) is 10.5. The first-order chi connectivity index (χ1) is 7.29. The van der Waals surface area contributed by atoms with Crippen LogP contribution in [0.5, 0.6) is 0 Å². The summed E-state index contributed by atoms with van der Waals surface area (Å²) in [6.45, 7) is 3.00. The van der Waals surface area contributed by atoms with E-state index in [1.54, 1.807) is 12.3 Å². The maximum atomic E-state index is 5.66. The van der Waals surface area contributed by atoms with Crippen LogP contribution in [0.3, 0.4) is 0 Å². The molecular weight excluding hydrogens is 212 g/mol. The molecule has 0 atom stereocenters. The number of hydrogen-bond donors (Lipinski definition) is 0. The minimum atomic E-state index is 0.414. The minimum Gasteiger partial charge on any atom is -0.335 e. The van der Waals surface area contributed by atoms with E-state index >= 15 is 0 Å². The van der Waals surface area contributed by atoms with Crippen molar-refractivity contribution >= 4 is 11.6 Å². The fourth-order valence-corrected chi connectivity index (χ4v) is 1.50. The van der Waals surface area contributed by atoms with Gasteiger partial charge in [-0.1, -0.05) is 11.6 Å². The highest BCUT2D eigenvalue weighted by molar-refractivity contribution is 6.29. The van der Waals surface area contributed by atoms with Crippen molar-refractivity contribution in [2.45, 2.75) is 19.9 Å². The van der Waals surface area contributed by atoms with Gasteiger partial charge in [-0.05, 0) is 19.1 Å². The van der Waals surface area contributed by atoms with Crippen LogP contribution >= 0.6 is 11.6 Å². The number of halogens is 1. The molecule has 2 rings (SSSR count). The van der Waals surface area contributed by atoms with E-state index in [9.17, 15) is 0 Å². The molecule has 4 nitrogen and oxygen atoms in total. The summed E-state index contributed by atoms with van der Waals surface area (Å²) in [5.41, 5.74) is 0.875. The largest absolute Gasteiger partial charge is 0.335 e. The molecule has 0 aliphatic carbocycles. The van der Waals surface area contributed by atoms with Crippen LogP contribution in [0.4, 0.5) is 0 Å².